The van der Waals surface area contributed by atoms with Gasteiger partial charge >= 0.3 is 0 Å². The van der Waals surface area contributed by atoms with E-state index in [1.54, 1.807) is 0 Å². The van der Waals surface area contributed by atoms with Crippen molar-refractivity contribution >= 4 is 0 Å². The van der Waals surface area contributed by atoms with Gasteiger partial charge in [-0.05, 0) is 32.7 Å². The molecule has 1 aliphatic heterocycles. The summed E-state index contributed by atoms with van der Waals surface area (Å²) in [5, 5.41) is 3.66. The summed E-state index contributed by atoms with van der Waals surface area (Å²) in [5.74, 6) is 0. The summed E-state index contributed by atoms with van der Waals surface area (Å²) in [5.41, 5.74) is 0.464. The number of hydrogen-bond acceptors (Lipinski definition) is 1. The molecule has 0 aromatic heterocycles. The largest absolute Gasteiger partial charge is 0.312 e. The van der Waals surface area contributed by atoms with E-state index in [9.17, 15) is 0 Å². The molecule has 66 valence electrons. The Morgan fingerprint density at radius 2 is 2.09 bits per heavy atom. The summed E-state index contributed by atoms with van der Waals surface area (Å²) in [6.45, 7) is 5.89. The third kappa shape index (κ3) is 2.82. The van der Waals surface area contributed by atoms with Crippen LogP contribution in [0.5, 0.6) is 0 Å². The fourth-order valence-corrected chi connectivity index (χ4v) is 2.06. The van der Waals surface area contributed by atoms with E-state index in [-0.39, 0.29) is 0 Å². The van der Waals surface area contributed by atoms with E-state index in [0.717, 1.165) is 0 Å². The standard InChI is InChI=1S/C10H21N/c1-3-7-10(2)8-5-4-6-9-11-10/h11H,3-9H2,1-2H3. The first-order valence-corrected chi connectivity index (χ1v) is 5.02. The topological polar surface area (TPSA) is 12.0 Å². The van der Waals surface area contributed by atoms with Crippen LogP contribution in [0.2, 0.25) is 0 Å². The summed E-state index contributed by atoms with van der Waals surface area (Å²) >= 11 is 0. The minimum Gasteiger partial charge on any atom is -0.312 e. The molecule has 0 amide bonds. The Morgan fingerprint density at radius 3 is 2.82 bits per heavy atom. The maximum atomic E-state index is 3.66. The molecule has 0 aromatic rings. The molecule has 0 saturated carbocycles. The summed E-state index contributed by atoms with van der Waals surface area (Å²) in [4.78, 5) is 0. The number of hydrogen-bond donors (Lipinski definition) is 1. The second-order valence-electron chi connectivity index (χ2n) is 4.05. The zero-order valence-electron chi connectivity index (χ0n) is 7.95. The van der Waals surface area contributed by atoms with Crippen molar-refractivity contribution in [3.8, 4) is 0 Å². The Balaban J connectivity index is 2.38. The third-order valence-corrected chi connectivity index (χ3v) is 2.76. The lowest BCUT2D eigenvalue weighted by atomic mass is 9.91. The van der Waals surface area contributed by atoms with Crippen molar-refractivity contribution in [2.75, 3.05) is 6.54 Å². The molecule has 1 aliphatic rings. The second-order valence-corrected chi connectivity index (χ2v) is 4.05. The number of rotatable bonds is 2. The lowest BCUT2D eigenvalue weighted by Crippen LogP contribution is -2.41. The van der Waals surface area contributed by atoms with Gasteiger partial charge in [-0.3, -0.25) is 0 Å². The highest BCUT2D eigenvalue weighted by molar-refractivity contribution is 4.84. The molecule has 0 radical (unpaired) electrons. The van der Waals surface area contributed by atoms with Gasteiger partial charge in [-0.2, -0.15) is 0 Å². The Hall–Kier alpha value is -0.0400. The fourth-order valence-electron chi connectivity index (χ4n) is 2.06. The van der Waals surface area contributed by atoms with Gasteiger partial charge in [-0.15, -0.1) is 0 Å². The average Bonchev–Trinajstić information content (AvgIpc) is 2.15. The Morgan fingerprint density at radius 1 is 1.27 bits per heavy atom. The van der Waals surface area contributed by atoms with E-state index >= 15 is 0 Å². The highest BCUT2D eigenvalue weighted by Crippen LogP contribution is 2.22. The molecule has 0 bridgehead atoms. The van der Waals surface area contributed by atoms with Crippen LogP contribution in [0.25, 0.3) is 0 Å². The van der Waals surface area contributed by atoms with Crippen molar-refractivity contribution in [2.24, 2.45) is 0 Å². The van der Waals surface area contributed by atoms with Crippen LogP contribution in [0.15, 0.2) is 0 Å². The average molecular weight is 155 g/mol. The molecule has 1 nitrogen and oxygen atoms in total. The Bertz CT molecular complexity index is 101. The molecule has 1 heteroatoms. The van der Waals surface area contributed by atoms with Crippen molar-refractivity contribution < 1.29 is 0 Å². The van der Waals surface area contributed by atoms with Gasteiger partial charge in [0.2, 0.25) is 0 Å². The lowest BCUT2D eigenvalue weighted by Gasteiger charge is -2.28. The predicted octanol–water partition coefficient (Wildman–Crippen LogP) is 2.71. The maximum absolute atomic E-state index is 3.66. The van der Waals surface area contributed by atoms with E-state index in [2.05, 4.69) is 19.2 Å². The maximum Gasteiger partial charge on any atom is 0.0153 e. The summed E-state index contributed by atoms with van der Waals surface area (Å²) < 4.78 is 0. The van der Waals surface area contributed by atoms with Gasteiger partial charge in [0.05, 0.1) is 0 Å². The highest BCUT2D eigenvalue weighted by Gasteiger charge is 2.23. The molecule has 0 aromatic carbocycles. The molecule has 1 unspecified atom stereocenters. The second kappa shape index (κ2) is 4.10. The van der Waals surface area contributed by atoms with Crippen LogP contribution < -0.4 is 5.32 Å². The molecule has 11 heavy (non-hydrogen) atoms. The van der Waals surface area contributed by atoms with Crippen LogP contribution in [-0.2, 0) is 0 Å². The van der Waals surface area contributed by atoms with Crippen LogP contribution >= 0.6 is 0 Å². The van der Waals surface area contributed by atoms with Gasteiger partial charge in [0, 0.05) is 5.54 Å². The zero-order chi connectivity index (χ0) is 8.16. The van der Waals surface area contributed by atoms with Crippen LogP contribution in [0.4, 0.5) is 0 Å². The Kier molecular flexibility index (Phi) is 3.38. The summed E-state index contributed by atoms with van der Waals surface area (Å²) in [6.07, 6.45) is 8.24. The van der Waals surface area contributed by atoms with Crippen molar-refractivity contribution in [1.82, 2.24) is 5.32 Å². The molecule has 0 spiro atoms. The van der Waals surface area contributed by atoms with Crippen molar-refractivity contribution in [1.29, 1.82) is 0 Å². The minimum atomic E-state index is 0.464. The van der Waals surface area contributed by atoms with Gasteiger partial charge in [0.1, 0.15) is 0 Å². The van der Waals surface area contributed by atoms with E-state index < -0.39 is 0 Å². The normalized spacial score (nSPS) is 33.3. The molecule has 1 N–H and O–H groups in total. The van der Waals surface area contributed by atoms with Crippen molar-refractivity contribution in [2.45, 2.75) is 57.9 Å². The number of nitrogens with one attached hydrogen (secondary N) is 1. The molecule has 1 fully saturated rings. The van der Waals surface area contributed by atoms with Crippen LogP contribution in [0, 0.1) is 0 Å². The van der Waals surface area contributed by atoms with E-state index in [4.69, 9.17) is 0 Å². The van der Waals surface area contributed by atoms with Crippen LogP contribution in [0.1, 0.15) is 52.4 Å². The first-order chi connectivity index (χ1) is 5.27. The molecule has 1 saturated heterocycles. The van der Waals surface area contributed by atoms with Gasteiger partial charge < -0.3 is 5.32 Å². The molecule has 1 rings (SSSR count). The van der Waals surface area contributed by atoms with Gasteiger partial charge in [-0.1, -0.05) is 26.2 Å². The highest BCUT2D eigenvalue weighted by atomic mass is 15.0. The molecule has 1 atom stereocenters. The lowest BCUT2D eigenvalue weighted by molar-refractivity contribution is 0.321. The fraction of sp³-hybridized carbons (Fsp3) is 1.00. The van der Waals surface area contributed by atoms with E-state index in [0.29, 0.717) is 5.54 Å². The SMILES string of the molecule is CCCC1(C)CCCCCN1. The molecule has 1 heterocycles. The third-order valence-electron chi connectivity index (χ3n) is 2.76. The van der Waals surface area contributed by atoms with Crippen LogP contribution in [0.3, 0.4) is 0 Å². The van der Waals surface area contributed by atoms with E-state index in [1.165, 1.54) is 45.1 Å². The van der Waals surface area contributed by atoms with Crippen LogP contribution in [-0.4, -0.2) is 12.1 Å². The zero-order valence-corrected chi connectivity index (χ0v) is 7.95. The first kappa shape index (κ1) is 9.05. The van der Waals surface area contributed by atoms with Gasteiger partial charge in [-0.25, -0.2) is 0 Å². The quantitative estimate of drug-likeness (QED) is 0.646. The summed E-state index contributed by atoms with van der Waals surface area (Å²) in [6, 6.07) is 0. The monoisotopic (exact) mass is 155 g/mol. The smallest absolute Gasteiger partial charge is 0.0153 e. The Labute approximate surface area is 70.6 Å². The predicted molar refractivity (Wildman–Crippen MR) is 49.8 cm³/mol. The van der Waals surface area contributed by atoms with Crippen molar-refractivity contribution in [3.63, 3.8) is 0 Å². The first-order valence-electron chi connectivity index (χ1n) is 5.02. The van der Waals surface area contributed by atoms with Gasteiger partial charge in [0.25, 0.3) is 0 Å². The minimum absolute atomic E-state index is 0.464. The van der Waals surface area contributed by atoms with E-state index in [1.807, 2.05) is 0 Å². The van der Waals surface area contributed by atoms with Gasteiger partial charge in [0.15, 0.2) is 0 Å². The summed E-state index contributed by atoms with van der Waals surface area (Å²) in [7, 11) is 0. The molecular weight excluding hydrogens is 134 g/mol. The molecule has 0 aliphatic carbocycles. The molecular formula is C10H21N. The van der Waals surface area contributed by atoms with Crippen molar-refractivity contribution in [3.05, 3.63) is 0 Å².